The summed E-state index contributed by atoms with van der Waals surface area (Å²) in [5, 5.41) is 9.75. The lowest BCUT2D eigenvalue weighted by atomic mass is 10.0. The molecule has 6 heteroatoms. The monoisotopic (exact) mass is 1040 g/mol. The van der Waals surface area contributed by atoms with Crippen molar-refractivity contribution in [3.8, 4) is 67.8 Å². The summed E-state index contributed by atoms with van der Waals surface area (Å²) in [6.07, 6.45) is 0. The van der Waals surface area contributed by atoms with Crippen LogP contribution < -0.4 is 0 Å². The minimum absolute atomic E-state index is 0.646. The van der Waals surface area contributed by atoms with Gasteiger partial charge in [-0.15, -0.1) is 0 Å². The molecule has 6 nitrogen and oxygen atoms in total. The predicted octanol–water partition coefficient (Wildman–Crippen LogP) is 19.5. The van der Waals surface area contributed by atoms with Gasteiger partial charge in [-0.1, -0.05) is 188 Å². The third-order valence-corrected chi connectivity index (χ3v) is 16.8. The fourth-order valence-electron chi connectivity index (χ4n) is 13.1. The van der Waals surface area contributed by atoms with E-state index in [1.54, 1.807) is 0 Å². The molecule has 0 N–H and O–H groups in total. The van der Waals surface area contributed by atoms with Crippen molar-refractivity contribution in [3.63, 3.8) is 0 Å². The van der Waals surface area contributed by atoms with Crippen LogP contribution in [0.25, 0.3) is 155 Å². The van der Waals surface area contributed by atoms with Crippen LogP contribution in [0.3, 0.4) is 0 Å². The standard InChI is InChI=1S/C76H48N6/c1-2-18-54(19-3-1)79-74-33-17-10-26-64(74)65-46-52(40-43-75(65)79)49-34-36-51(37-35-49)76-77-66(50-38-41-55(42-39-50)80-68-27-11-4-20-58(68)59-21-5-12-28-69(59)80)48-67(78-76)53-44-56(81-70-29-13-6-22-60(70)61-23-7-14-30-71(61)81)47-57(45-53)82-72-31-15-8-24-62(72)63-25-9-16-32-73(63)82/h1-48H. The Bertz CT molecular complexity index is 5090. The molecule has 5 heterocycles. The van der Waals surface area contributed by atoms with Gasteiger partial charge in [-0.25, -0.2) is 9.97 Å². The Hall–Kier alpha value is -11.1. The lowest BCUT2D eigenvalue weighted by Gasteiger charge is -2.16. The van der Waals surface area contributed by atoms with Crippen LogP contribution >= 0.6 is 0 Å². The van der Waals surface area contributed by atoms with Gasteiger partial charge in [0.1, 0.15) is 0 Å². The summed E-state index contributed by atoms with van der Waals surface area (Å²) in [7, 11) is 0. The van der Waals surface area contributed by atoms with E-state index in [1.807, 2.05) is 0 Å². The highest BCUT2D eigenvalue weighted by molar-refractivity contribution is 6.13. The molecule has 0 saturated carbocycles. The first-order valence-electron chi connectivity index (χ1n) is 28.0. The Morgan fingerprint density at radius 2 is 0.500 bits per heavy atom. The first kappa shape index (κ1) is 45.9. The van der Waals surface area contributed by atoms with Crippen LogP contribution in [0.2, 0.25) is 0 Å². The molecule has 0 saturated heterocycles. The maximum absolute atomic E-state index is 5.59. The number of aromatic nitrogens is 6. The minimum Gasteiger partial charge on any atom is -0.309 e. The molecule has 82 heavy (non-hydrogen) atoms. The molecule has 17 aromatic rings. The van der Waals surface area contributed by atoms with Crippen molar-refractivity contribution in [3.05, 3.63) is 291 Å². The summed E-state index contributed by atoms with van der Waals surface area (Å²) in [4.78, 5) is 11.1. The zero-order valence-electron chi connectivity index (χ0n) is 44.4. The third kappa shape index (κ3) is 7.15. The maximum atomic E-state index is 5.59. The van der Waals surface area contributed by atoms with E-state index < -0.39 is 0 Å². The molecule has 5 aromatic heterocycles. The Balaban J connectivity index is 0.860. The number of hydrogen-bond acceptors (Lipinski definition) is 2. The number of nitrogens with zero attached hydrogens (tertiary/aromatic N) is 6. The van der Waals surface area contributed by atoms with Crippen molar-refractivity contribution in [2.75, 3.05) is 0 Å². The molecule has 382 valence electrons. The van der Waals surface area contributed by atoms with Crippen molar-refractivity contribution in [1.82, 2.24) is 28.2 Å². The molecule has 0 atom stereocenters. The van der Waals surface area contributed by atoms with E-state index >= 15 is 0 Å². The van der Waals surface area contributed by atoms with E-state index in [2.05, 4.69) is 309 Å². The zero-order chi connectivity index (χ0) is 53.8. The second kappa shape index (κ2) is 18.2. The molecule has 0 aliphatic rings. The molecule has 17 rings (SSSR count). The van der Waals surface area contributed by atoms with Crippen LogP contribution in [0.15, 0.2) is 291 Å². The SMILES string of the molecule is c1ccc(-n2c3ccccc3c3cc(-c4ccc(-c5nc(-c6ccc(-n7c8ccccc8c8ccccc87)cc6)cc(-c6cc(-n7c8ccccc8c8ccccc87)cc(-n7c8ccccc8c8ccccc87)c6)n5)cc4)ccc32)cc1. The smallest absolute Gasteiger partial charge is 0.160 e. The molecule has 0 fully saturated rings. The molecule has 0 radical (unpaired) electrons. The molecule has 0 aliphatic carbocycles. The van der Waals surface area contributed by atoms with Crippen LogP contribution in [0.5, 0.6) is 0 Å². The number of para-hydroxylation sites is 8. The largest absolute Gasteiger partial charge is 0.309 e. The molecule has 0 spiro atoms. The van der Waals surface area contributed by atoms with Gasteiger partial charge in [-0.05, 0) is 114 Å². The fourth-order valence-corrected chi connectivity index (χ4v) is 13.1. The first-order chi connectivity index (χ1) is 40.7. The van der Waals surface area contributed by atoms with Crippen molar-refractivity contribution in [2.24, 2.45) is 0 Å². The summed E-state index contributed by atoms with van der Waals surface area (Å²) in [6, 6.07) is 105. The van der Waals surface area contributed by atoms with Crippen LogP contribution in [-0.4, -0.2) is 28.2 Å². The Morgan fingerprint density at radius 1 is 0.183 bits per heavy atom. The summed E-state index contributed by atoms with van der Waals surface area (Å²) in [5.74, 6) is 0.646. The number of hydrogen-bond donors (Lipinski definition) is 0. The highest BCUT2D eigenvalue weighted by Crippen LogP contribution is 2.41. The lowest BCUT2D eigenvalue weighted by Crippen LogP contribution is -2.02. The maximum Gasteiger partial charge on any atom is 0.160 e. The summed E-state index contributed by atoms with van der Waals surface area (Å²) >= 11 is 0. The van der Waals surface area contributed by atoms with Gasteiger partial charge in [0.05, 0.1) is 55.5 Å². The Kier molecular flexibility index (Phi) is 10.2. The topological polar surface area (TPSA) is 45.5 Å². The van der Waals surface area contributed by atoms with E-state index in [9.17, 15) is 0 Å². The van der Waals surface area contributed by atoms with Gasteiger partial charge >= 0.3 is 0 Å². The van der Waals surface area contributed by atoms with Gasteiger partial charge in [0, 0.05) is 82.5 Å². The molecule has 0 bridgehead atoms. The van der Waals surface area contributed by atoms with Crippen molar-refractivity contribution < 1.29 is 0 Å². The minimum atomic E-state index is 0.646. The van der Waals surface area contributed by atoms with Crippen LogP contribution in [0.4, 0.5) is 0 Å². The summed E-state index contributed by atoms with van der Waals surface area (Å²) < 4.78 is 9.55. The van der Waals surface area contributed by atoms with Gasteiger partial charge in [-0.3, -0.25) is 0 Å². The molecular weight excluding hydrogens is 997 g/mol. The fraction of sp³-hybridized carbons (Fsp3) is 0. The second-order valence-electron chi connectivity index (χ2n) is 21.4. The van der Waals surface area contributed by atoms with Crippen LogP contribution in [0.1, 0.15) is 0 Å². The zero-order valence-corrected chi connectivity index (χ0v) is 44.4. The molecule has 0 amide bonds. The predicted molar refractivity (Wildman–Crippen MR) is 341 cm³/mol. The average molecular weight is 1050 g/mol. The molecular formula is C76H48N6. The molecule has 12 aromatic carbocycles. The highest BCUT2D eigenvalue weighted by atomic mass is 15.0. The van der Waals surface area contributed by atoms with E-state index in [0.717, 1.165) is 84.0 Å². The van der Waals surface area contributed by atoms with Gasteiger partial charge in [0.15, 0.2) is 5.82 Å². The van der Waals surface area contributed by atoms with E-state index in [1.165, 1.54) is 65.2 Å². The van der Waals surface area contributed by atoms with Gasteiger partial charge in [0.25, 0.3) is 0 Å². The molecule has 0 aliphatic heterocycles. The Labute approximate surface area is 471 Å². The van der Waals surface area contributed by atoms with Gasteiger partial charge < -0.3 is 18.3 Å². The van der Waals surface area contributed by atoms with Crippen molar-refractivity contribution in [1.29, 1.82) is 0 Å². The number of benzene rings is 12. The number of fused-ring (bicyclic) bond motifs is 12. The number of rotatable bonds is 8. The quantitative estimate of drug-likeness (QED) is 0.152. The van der Waals surface area contributed by atoms with Gasteiger partial charge in [0.2, 0.25) is 0 Å². The second-order valence-corrected chi connectivity index (χ2v) is 21.4. The van der Waals surface area contributed by atoms with Crippen LogP contribution in [-0.2, 0) is 0 Å². The third-order valence-electron chi connectivity index (χ3n) is 16.8. The normalized spacial score (nSPS) is 11.9. The average Bonchev–Trinajstić information content (AvgIpc) is 4.46. The highest BCUT2D eigenvalue weighted by Gasteiger charge is 2.21. The lowest BCUT2D eigenvalue weighted by molar-refractivity contribution is 1.13. The summed E-state index contributed by atoms with van der Waals surface area (Å²) in [5.41, 5.74) is 20.4. The van der Waals surface area contributed by atoms with E-state index in [-0.39, 0.29) is 0 Å². The molecule has 0 unspecified atom stereocenters. The van der Waals surface area contributed by atoms with E-state index in [4.69, 9.17) is 9.97 Å². The van der Waals surface area contributed by atoms with Crippen molar-refractivity contribution >= 4 is 87.2 Å². The van der Waals surface area contributed by atoms with Gasteiger partial charge in [-0.2, -0.15) is 0 Å². The van der Waals surface area contributed by atoms with E-state index in [0.29, 0.717) is 5.82 Å². The first-order valence-corrected chi connectivity index (χ1v) is 28.0. The van der Waals surface area contributed by atoms with Crippen molar-refractivity contribution in [2.45, 2.75) is 0 Å². The van der Waals surface area contributed by atoms with Crippen LogP contribution in [0, 0.1) is 0 Å². The Morgan fingerprint density at radius 3 is 0.939 bits per heavy atom. The summed E-state index contributed by atoms with van der Waals surface area (Å²) in [6.45, 7) is 0.